The maximum atomic E-state index is 11.9. The van der Waals surface area contributed by atoms with Crippen LogP contribution in [0.3, 0.4) is 0 Å². The van der Waals surface area contributed by atoms with E-state index >= 15 is 0 Å². The molecule has 1 saturated heterocycles. The van der Waals surface area contributed by atoms with Gasteiger partial charge in [0.15, 0.2) is 0 Å². The van der Waals surface area contributed by atoms with Crippen LogP contribution in [-0.2, 0) is 11.2 Å². The standard InChI is InChI=1S/C15H19ClN2O/c1-11(19)18-8-6-15(5-7-17-10-15)9-12-3-2-4-13(16)14(12)18/h2-4,17H,5-10H2,1H3. The zero-order valence-electron chi connectivity index (χ0n) is 11.2. The largest absolute Gasteiger partial charge is 0.316 e. The molecule has 1 N–H and O–H groups in total. The van der Waals surface area contributed by atoms with Crippen molar-refractivity contribution in [1.82, 2.24) is 5.32 Å². The van der Waals surface area contributed by atoms with Gasteiger partial charge < -0.3 is 10.2 Å². The van der Waals surface area contributed by atoms with E-state index in [0.717, 1.165) is 38.2 Å². The summed E-state index contributed by atoms with van der Waals surface area (Å²) in [6, 6.07) is 5.98. The molecule has 0 aromatic heterocycles. The molecule has 1 aromatic rings. The Hall–Kier alpha value is -1.06. The normalized spacial score (nSPS) is 26.3. The lowest BCUT2D eigenvalue weighted by atomic mass is 9.78. The molecule has 1 aromatic carbocycles. The fourth-order valence-electron chi connectivity index (χ4n) is 3.43. The second-order valence-corrected chi connectivity index (χ2v) is 6.18. The van der Waals surface area contributed by atoms with Crippen LogP contribution in [0.1, 0.15) is 25.3 Å². The number of nitrogens with zero attached hydrogens (tertiary/aromatic N) is 1. The van der Waals surface area contributed by atoms with Crippen LogP contribution < -0.4 is 10.2 Å². The molecule has 2 aliphatic rings. The number of carbonyl (C=O) groups is 1. The predicted molar refractivity (Wildman–Crippen MR) is 77.7 cm³/mol. The molecule has 1 fully saturated rings. The average Bonchev–Trinajstić information content (AvgIpc) is 2.72. The minimum atomic E-state index is 0.0809. The van der Waals surface area contributed by atoms with Gasteiger partial charge in [-0.15, -0.1) is 0 Å². The number of hydrogen-bond acceptors (Lipinski definition) is 2. The highest BCUT2D eigenvalue weighted by Crippen LogP contribution is 2.42. The Morgan fingerprint density at radius 1 is 1.42 bits per heavy atom. The molecular formula is C15H19ClN2O. The molecule has 0 saturated carbocycles. The van der Waals surface area contributed by atoms with Crippen molar-refractivity contribution in [2.24, 2.45) is 5.41 Å². The second kappa shape index (κ2) is 4.80. The highest BCUT2D eigenvalue weighted by molar-refractivity contribution is 6.34. The molecule has 4 heteroatoms. The van der Waals surface area contributed by atoms with Gasteiger partial charge in [0.25, 0.3) is 0 Å². The van der Waals surface area contributed by atoms with E-state index in [1.807, 2.05) is 17.0 Å². The maximum absolute atomic E-state index is 11.9. The molecule has 0 bridgehead atoms. The first kappa shape index (κ1) is 12.9. The summed E-state index contributed by atoms with van der Waals surface area (Å²) in [6.45, 7) is 4.52. The molecule has 1 spiro atoms. The average molecular weight is 279 g/mol. The third kappa shape index (κ3) is 2.26. The van der Waals surface area contributed by atoms with Gasteiger partial charge in [0, 0.05) is 20.0 Å². The Morgan fingerprint density at radius 2 is 2.26 bits per heavy atom. The zero-order chi connectivity index (χ0) is 13.5. The summed E-state index contributed by atoms with van der Waals surface area (Å²) < 4.78 is 0. The smallest absolute Gasteiger partial charge is 0.223 e. The predicted octanol–water partition coefficient (Wildman–Crippen LogP) is 2.62. The number of anilines is 1. The first-order chi connectivity index (χ1) is 9.11. The van der Waals surface area contributed by atoms with Crippen molar-refractivity contribution in [2.45, 2.75) is 26.2 Å². The van der Waals surface area contributed by atoms with Gasteiger partial charge in [0.2, 0.25) is 5.91 Å². The van der Waals surface area contributed by atoms with Crippen molar-refractivity contribution < 1.29 is 4.79 Å². The van der Waals surface area contributed by atoms with Crippen molar-refractivity contribution >= 4 is 23.2 Å². The van der Waals surface area contributed by atoms with Crippen LogP contribution in [-0.4, -0.2) is 25.5 Å². The number of benzene rings is 1. The summed E-state index contributed by atoms with van der Waals surface area (Å²) in [4.78, 5) is 13.8. The molecule has 0 aliphatic carbocycles. The summed E-state index contributed by atoms with van der Waals surface area (Å²) in [5.74, 6) is 0.0809. The number of para-hydroxylation sites is 1. The van der Waals surface area contributed by atoms with Gasteiger partial charge in [0.1, 0.15) is 0 Å². The summed E-state index contributed by atoms with van der Waals surface area (Å²) in [7, 11) is 0. The molecule has 1 amide bonds. The first-order valence-electron chi connectivity index (χ1n) is 6.88. The van der Waals surface area contributed by atoms with Crippen molar-refractivity contribution in [2.75, 3.05) is 24.5 Å². The van der Waals surface area contributed by atoms with Gasteiger partial charge in [-0.25, -0.2) is 0 Å². The van der Waals surface area contributed by atoms with Crippen LogP contribution in [0.15, 0.2) is 18.2 Å². The van der Waals surface area contributed by atoms with Gasteiger partial charge >= 0.3 is 0 Å². The van der Waals surface area contributed by atoms with E-state index in [1.165, 1.54) is 12.0 Å². The van der Waals surface area contributed by atoms with E-state index in [-0.39, 0.29) is 5.91 Å². The van der Waals surface area contributed by atoms with E-state index in [0.29, 0.717) is 10.4 Å². The van der Waals surface area contributed by atoms with Gasteiger partial charge in [0.05, 0.1) is 10.7 Å². The highest BCUT2D eigenvalue weighted by atomic mass is 35.5. The lowest BCUT2D eigenvalue weighted by molar-refractivity contribution is -0.116. The monoisotopic (exact) mass is 278 g/mol. The molecule has 1 unspecified atom stereocenters. The molecule has 102 valence electrons. The molecular weight excluding hydrogens is 260 g/mol. The summed E-state index contributed by atoms with van der Waals surface area (Å²) in [5.41, 5.74) is 2.44. The number of hydrogen-bond donors (Lipinski definition) is 1. The SMILES string of the molecule is CC(=O)N1CCC2(CCNC2)Cc2cccc(Cl)c21. The third-order valence-electron chi connectivity index (χ3n) is 4.48. The van der Waals surface area contributed by atoms with E-state index in [2.05, 4.69) is 11.4 Å². The Morgan fingerprint density at radius 3 is 2.95 bits per heavy atom. The lowest BCUT2D eigenvalue weighted by Gasteiger charge is -2.26. The lowest BCUT2D eigenvalue weighted by Crippen LogP contribution is -2.32. The Bertz CT molecular complexity index is 509. The molecule has 3 rings (SSSR count). The van der Waals surface area contributed by atoms with Gasteiger partial charge in [-0.05, 0) is 42.9 Å². The minimum Gasteiger partial charge on any atom is -0.316 e. The second-order valence-electron chi connectivity index (χ2n) is 5.77. The maximum Gasteiger partial charge on any atom is 0.223 e. The quantitative estimate of drug-likeness (QED) is 0.791. The summed E-state index contributed by atoms with van der Waals surface area (Å²) in [5, 5.41) is 4.15. The first-order valence-corrected chi connectivity index (χ1v) is 7.25. The van der Waals surface area contributed by atoms with Crippen LogP contribution >= 0.6 is 11.6 Å². The van der Waals surface area contributed by atoms with Crippen molar-refractivity contribution in [3.63, 3.8) is 0 Å². The topological polar surface area (TPSA) is 32.3 Å². The third-order valence-corrected chi connectivity index (χ3v) is 4.79. The number of halogens is 1. The van der Waals surface area contributed by atoms with E-state index in [4.69, 9.17) is 11.6 Å². The van der Waals surface area contributed by atoms with Gasteiger partial charge in [-0.1, -0.05) is 23.7 Å². The van der Waals surface area contributed by atoms with Crippen molar-refractivity contribution in [3.05, 3.63) is 28.8 Å². The molecule has 2 heterocycles. The van der Waals surface area contributed by atoms with Crippen LogP contribution in [0.5, 0.6) is 0 Å². The molecule has 1 atom stereocenters. The van der Waals surface area contributed by atoms with Crippen LogP contribution in [0.25, 0.3) is 0 Å². The molecule has 19 heavy (non-hydrogen) atoms. The van der Waals surface area contributed by atoms with E-state index in [9.17, 15) is 4.79 Å². The highest BCUT2D eigenvalue weighted by Gasteiger charge is 2.38. The fraction of sp³-hybridized carbons (Fsp3) is 0.533. The number of fused-ring (bicyclic) bond motifs is 1. The Kier molecular flexibility index (Phi) is 3.27. The Balaban J connectivity index is 2.06. The fourth-order valence-corrected chi connectivity index (χ4v) is 3.73. The number of carbonyl (C=O) groups excluding carboxylic acids is 1. The summed E-state index contributed by atoms with van der Waals surface area (Å²) in [6.07, 6.45) is 3.25. The summed E-state index contributed by atoms with van der Waals surface area (Å²) >= 11 is 6.34. The van der Waals surface area contributed by atoms with Crippen LogP contribution in [0.4, 0.5) is 5.69 Å². The van der Waals surface area contributed by atoms with Gasteiger partial charge in [-0.3, -0.25) is 4.79 Å². The minimum absolute atomic E-state index is 0.0809. The number of rotatable bonds is 0. The van der Waals surface area contributed by atoms with Crippen LogP contribution in [0, 0.1) is 5.41 Å². The number of nitrogens with one attached hydrogen (secondary N) is 1. The van der Waals surface area contributed by atoms with Crippen molar-refractivity contribution in [1.29, 1.82) is 0 Å². The molecule has 0 radical (unpaired) electrons. The van der Waals surface area contributed by atoms with Crippen LogP contribution in [0.2, 0.25) is 5.02 Å². The molecule has 3 nitrogen and oxygen atoms in total. The number of amides is 1. The molecule has 2 aliphatic heterocycles. The Labute approximate surface area is 118 Å². The van der Waals surface area contributed by atoms with Gasteiger partial charge in [-0.2, -0.15) is 0 Å². The van der Waals surface area contributed by atoms with E-state index in [1.54, 1.807) is 6.92 Å². The van der Waals surface area contributed by atoms with Crippen molar-refractivity contribution in [3.8, 4) is 0 Å². The zero-order valence-corrected chi connectivity index (χ0v) is 12.0. The van der Waals surface area contributed by atoms with E-state index < -0.39 is 0 Å².